The van der Waals surface area contributed by atoms with Gasteiger partial charge in [0, 0.05) is 0 Å². The summed E-state index contributed by atoms with van der Waals surface area (Å²) in [4.78, 5) is 11.1. The van der Waals surface area contributed by atoms with Crippen LogP contribution in [0.5, 0.6) is 0 Å². The lowest BCUT2D eigenvalue weighted by Gasteiger charge is -2.59. The van der Waals surface area contributed by atoms with Crippen molar-refractivity contribution in [1.29, 1.82) is 0 Å². The molecule has 1 heterocycles. The van der Waals surface area contributed by atoms with Gasteiger partial charge in [-0.25, -0.2) is 9.78 Å². The average Bonchev–Trinajstić information content (AvgIpc) is 2.30. The highest BCUT2D eigenvalue weighted by molar-refractivity contribution is 5.07. The van der Waals surface area contributed by atoms with E-state index in [9.17, 15) is 0 Å². The van der Waals surface area contributed by atoms with Gasteiger partial charge in [0.15, 0.2) is 0 Å². The molecule has 14 heavy (non-hydrogen) atoms. The summed E-state index contributed by atoms with van der Waals surface area (Å²) < 4.78 is 0. The van der Waals surface area contributed by atoms with Crippen LogP contribution < -0.4 is 0 Å². The highest BCUT2D eigenvalue weighted by Gasteiger charge is 2.63. The van der Waals surface area contributed by atoms with E-state index in [1.807, 2.05) is 0 Å². The fourth-order valence-corrected chi connectivity index (χ4v) is 3.60. The number of hydrogen-bond acceptors (Lipinski definition) is 2. The zero-order valence-electron chi connectivity index (χ0n) is 8.89. The zero-order valence-corrected chi connectivity index (χ0v) is 8.89. The van der Waals surface area contributed by atoms with Crippen LogP contribution >= 0.6 is 0 Å². The molecule has 2 spiro atoms. The normalized spacial score (nSPS) is 34.3. The SMILES string of the molecule is C1CCC2(CC1)OOC21CCCCC1. The smallest absolute Gasteiger partial charge is 0.135 e. The van der Waals surface area contributed by atoms with Gasteiger partial charge in [0.05, 0.1) is 0 Å². The Kier molecular flexibility index (Phi) is 2.10. The minimum Gasteiger partial charge on any atom is -0.226 e. The number of hydrogen-bond donors (Lipinski definition) is 0. The molecule has 0 atom stereocenters. The maximum absolute atomic E-state index is 5.55. The van der Waals surface area contributed by atoms with Crippen molar-refractivity contribution in [3.8, 4) is 0 Å². The Balaban J connectivity index is 1.78. The molecule has 0 aromatic heterocycles. The Bertz CT molecular complexity index is 188. The van der Waals surface area contributed by atoms with Crippen LogP contribution in [0.4, 0.5) is 0 Å². The van der Waals surface area contributed by atoms with Gasteiger partial charge >= 0.3 is 0 Å². The van der Waals surface area contributed by atoms with E-state index in [4.69, 9.17) is 9.78 Å². The van der Waals surface area contributed by atoms with Crippen molar-refractivity contribution in [1.82, 2.24) is 0 Å². The van der Waals surface area contributed by atoms with Crippen molar-refractivity contribution in [3.05, 3.63) is 0 Å². The molecule has 0 radical (unpaired) electrons. The molecular formula is C12H20O2. The molecule has 0 bridgehead atoms. The van der Waals surface area contributed by atoms with Crippen LogP contribution in [0.25, 0.3) is 0 Å². The van der Waals surface area contributed by atoms with Crippen LogP contribution in [-0.2, 0) is 9.78 Å². The van der Waals surface area contributed by atoms with E-state index in [0.29, 0.717) is 0 Å². The van der Waals surface area contributed by atoms with Crippen molar-refractivity contribution < 1.29 is 9.78 Å². The Morgan fingerprint density at radius 1 is 0.500 bits per heavy atom. The van der Waals surface area contributed by atoms with Crippen LogP contribution in [-0.4, -0.2) is 11.2 Å². The summed E-state index contributed by atoms with van der Waals surface area (Å²) in [5.41, 5.74) is 0.289. The topological polar surface area (TPSA) is 18.5 Å². The molecular weight excluding hydrogens is 176 g/mol. The minimum absolute atomic E-state index is 0.145. The zero-order chi connectivity index (χ0) is 9.49. The van der Waals surface area contributed by atoms with Gasteiger partial charge in [0.1, 0.15) is 11.2 Å². The fraction of sp³-hybridized carbons (Fsp3) is 1.00. The lowest BCUT2D eigenvalue weighted by atomic mass is 9.65. The molecule has 0 N–H and O–H groups in total. The molecule has 80 valence electrons. The van der Waals surface area contributed by atoms with Gasteiger partial charge in [-0.2, -0.15) is 0 Å². The van der Waals surface area contributed by atoms with Crippen molar-refractivity contribution in [3.63, 3.8) is 0 Å². The van der Waals surface area contributed by atoms with Crippen molar-refractivity contribution in [2.75, 3.05) is 0 Å². The van der Waals surface area contributed by atoms with Gasteiger partial charge in [0.25, 0.3) is 0 Å². The van der Waals surface area contributed by atoms with Gasteiger partial charge in [-0.1, -0.05) is 38.5 Å². The monoisotopic (exact) mass is 196 g/mol. The van der Waals surface area contributed by atoms with E-state index in [1.54, 1.807) is 0 Å². The lowest BCUT2D eigenvalue weighted by molar-refractivity contribution is -0.563. The third kappa shape index (κ3) is 1.10. The molecule has 3 aliphatic rings. The van der Waals surface area contributed by atoms with Crippen molar-refractivity contribution in [2.45, 2.75) is 75.4 Å². The first-order valence-electron chi connectivity index (χ1n) is 6.24. The first-order valence-corrected chi connectivity index (χ1v) is 6.24. The molecule has 2 nitrogen and oxygen atoms in total. The highest BCUT2D eigenvalue weighted by atomic mass is 17.3. The molecule has 1 saturated heterocycles. The predicted octanol–water partition coefficient (Wildman–Crippen LogP) is 3.35. The van der Waals surface area contributed by atoms with Crippen LogP contribution in [0.1, 0.15) is 64.2 Å². The second-order valence-corrected chi connectivity index (χ2v) is 5.28. The summed E-state index contributed by atoms with van der Waals surface area (Å²) in [6, 6.07) is 0. The second-order valence-electron chi connectivity index (χ2n) is 5.28. The third-order valence-corrected chi connectivity index (χ3v) is 4.51. The summed E-state index contributed by atoms with van der Waals surface area (Å²) >= 11 is 0. The molecule has 0 unspecified atom stereocenters. The van der Waals surface area contributed by atoms with Gasteiger partial charge in [-0.05, 0) is 25.7 Å². The fourth-order valence-electron chi connectivity index (χ4n) is 3.60. The van der Waals surface area contributed by atoms with E-state index < -0.39 is 0 Å². The molecule has 0 amide bonds. The Labute approximate surface area is 85.9 Å². The van der Waals surface area contributed by atoms with Crippen molar-refractivity contribution >= 4 is 0 Å². The van der Waals surface area contributed by atoms with Crippen LogP contribution in [0.2, 0.25) is 0 Å². The van der Waals surface area contributed by atoms with E-state index in [1.165, 1.54) is 64.2 Å². The van der Waals surface area contributed by atoms with Gasteiger partial charge in [0.2, 0.25) is 0 Å². The van der Waals surface area contributed by atoms with Crippen molar-refractivity contribution in [2.24, 2.45) is 0 Å². The first-order chi connectivity index (χ1) is 6.87. The average molecular weight is 196 g/mol. The maximum Gasteiger partial charge on any atom is 0.135 e. The quantitative estimate of drug-likeness (QED) is 0.553. The number of fused-ring (bicyclic) bond motifs is 1. The van der Waals surface area contributed by atoms with Crippen LogP contribution in [0.15, 0.2) is 0 Å². The van der Waals surface area contributed by atoms with Crippen LogP contribution in [0.3, 0.4) is 0 Å². The summed E-state index contributed by atoms with van der Waals surface area (Å²) in [6.07, 6.45) is 13.1. The Morgan fingerprint density at radius 3 is 1.14 bits per heavy atom. The van der Waals surface area contributed by atoms with Gasteiger partial charge in [-0.3, -0.25) is 0 Å². The second kappa shape index (κ2) is 3.21. The first kappa shape index (κ1) is 9.17. The Morgan fingerprint density at radius 2 is 0.857 bits per heavy atom. The predicted molar refractivity (Wildman–Crippen MR) is 53.8 cm³/mol. The van der Waals surface area contributed by atoms with E-state index in [2.05, 4.69) is 0 Å². The summed E-state index contributed by atoms with van der Waals surface area (Å²) in [7, 11) is 0. The molecule has 2 aliphatic carbocycles. The Hall–Kier alpha value is -0.0800. The third-order valence-electron chi connectivity index (χ3n) is 4.51. The molecule has 2 saturated carbocycles. The molecule has 1 aliphatic heterocycles. The summed E-state index contributed by atoms with van der Waals surface area (Å²) in [5.74, 6) is 0. The van der Waals surface area contributed by atoms with E-state index in [0.717, 1.165) is 0 Å². The standard InChI is InChI=1S/C12H20O2/c1-3-7-11(8-4-1)12(14-13-11)9-5-2-6-10-12/h1-10H2. The maximum atomic E-state index is 5.55. The number of rotatable bonds is 0. The largest absolute Gasteiger partial charge is 0.226 e. The molecule has 0 aromatic carbocycles. The summed E-state index contributed by atoms with van der Waals surface area (Å²) in [5, 5.41) is 0. The minimum atomic E-state index is 0.145. The molecule has 3 fully saturated rings. The summed E-state index contributed by atoms with van der Waals surface area (Å²) in [6.45, 7) is 0. The molecule has 0 aromatic rings. The van der Waals surface area contributed by atoms with E-state index in [-0.39, 0.29) is 11.2 Å². The lowest BCUT2D eigenvalue weighted by Crippen LogP contribution is -2.68. The van der Waals surface area contributed by atoms with Crippen LogP contribution in [0, 0.1) is 0 Å². The molecule has 3 rings (SSSR count). The van der Waals surface area contributed by atoms with Gasteiger partial charge in [-0.15, -0.1) is 0 Å². The molecule has 2 heteroatoms. The van der Waals surface area contributed by atoms with Gasteiger partial charge < -0.3 is 0 Å². The van der Waals surface area contributed by atoms with E-state index >= 15 is 0 Å². The highest BCUT2D eigenvalue weighted by Crippen LogP contribution is 2.56.